The van der Waals surface area contributed by atoms with Crippen molar-refractivity contribution in [2.24, 2.45) is 0 Å². The average Bonchev–Trinajstić information content (AvgIpc) is 3.45. The molecule has 2 heterocycles. The second-order valence-corrected chi connectivity index (χ2v) is 9.12. The zero-order valence-electron chi connectivity index (χ0n) is 19.7. The molecule has 0 unspecified atom stereocenters. The van der Waals surface area contributed by atoms with E-state index in [0.717, 1.165) is 24.3 Å². The molecule has 0 saturated carbocycles. The van der Waals surface area contributed by atoms with E-state index in [0.29, 0.717) is 28.2 Å². The van der Waals surface area contributed by atoms with Crippen molar-refractivity contribution in [1.29, 1.82) is 0 Å². The van der Waals surface area contributed by atoms with Crippen LogP contribution in [0.5, 0.6) is 0 Å². The molecule has 37 heavy (non-hydrogen) atoms. The second-order valence-electron chi connectivity index (χ2n) is 9.12. The first kappa shape index (κ1) is 24.2. The summed E-state index contributed by atoms with van der Waals surface area (Å²) in [5.41, 5.74) is -0.590. The van der Waals surface area contributed by atoms with Gasteiger partial charge in [0.25, 0.3) is 5.91 Å². The van der Waals surface area contributed by atoms with Gasteiger partial charge < -0.3 is 5.32 Å². The van der Waals surface area contributed by atoms with Crippen LogP contribution in [-0.2, 0) is 16.4 Å². The number of hydrogen-bond acceptors (Lipinski definition) is 3. The van der Waals surface area contributed by atoms with E-state index in [2.05, 4.69) is 15.5 Å². The maximum absolute atomic E-state index is 13.8. The third-order valence-corrected chi connectivity index (χ3v) is 6.34. The number of carbonyl (C=O) groups is 2. The smallest absolute Gasteiger partial charge is 0.322 e. The van der Waals surface area contributed by atoms with Gasteiger partial charge >= 0.3 is 6.18 Å². The fraction of sp³-hybridized carbons (Fsp3) is 0.148. The van der Waals surface area contributed by atoms with Crippen LogP contribution in [0, 0.1) is 5.82 Å². The molecule has 1 aliphatic rings. The molecule has 2 N–H and O–H groups in total. The lowest BCUT2D eigenvalue weighted by atomic mass is 9.81. The van der Waals surface area contributed by atoms with Crippen LogP contribution in [0.1, 0.15) is 35.3 Å². The predicted molar refractivity (Wildman–Crippen MR) is 130 cm³/mol. The first-order valence-corrected chi connectivity index (χ1v) is 11.2. The number of rotatable bonds is 4. The lowest BCUT2D eigenvalue weighted by molar-refractivity contribution is -0.137. The summed E-state index contributed by atoms with van der Waals surface area (Å²) in [6, 6.07) is 14.8. The van der Waals surface area contributed by atoms with Crippen molar-refractivity contribution in [3.63, 3.8) is 0 Å². The summed E-state index contributed by atoms with van der Waals surface area (Å²) in [5.74, 6) is -1.40. The van der Waals surface area contributed by atoms with Crippen LogP contribution in [0.25, 0.3) is 11.1 Å². The summed E-state index contributed by atoms with van der Waals surface area (Å²) < 4.78 is 54.8. The van der Waals surface area contributed by atoms with Crippen molar-refractivity contribution in [3.05, 3.63) is 95.4 Å². The maximum Gasteiger partial charge on any atom is 0.417 e. The summed E-state index contributed by atoms with van der Waals surface area (Å²) >= 11 is 0. The monoisotopic (exact) mass is 508 g/mol. The van der Waals surface area contributed by atoms with Gasteiger partial charge in [0.15, 0.2) is 5.82 Å². The van der Waals surface area contributed by atoms with E-state index < -0.39 is 34.4 Å². The molecule has 188 valence electrons. The number of fused-ring (bicyclic) bond motifs is 1. The Morgan fingerprint density at radius 1 is 1.03 bits per heavy atom. The molecule has 4 aromatic rings. The summed E-state index contributed by atoms with van der Waals surface area (Å²) in [6.07, 6.45) is -3.21. The minimum atomic E-state index is -4.79. The first-order chi connectivity index (χ1) is 17.5. The van der Waals surface area contributed by atoms with Crippen molar-refractivity contribution in [3.8, 4) is 11.1 Å². The Hall–Kier alpha value is -4.47. The van der Waals surface area contributed by atoms with E-state index in [1.807, 2.05) is 0 Å². The Labute approximate surface area is 208 Å². The van der Waals surface area contributed by atoms with Gasteiger partial charge in [-0.25, -0.2) is 4.39 Å². The molecule has 2 amide bonds. The van der Waals surface area contributed by atoms with Gasteiger partial charge in [0.2, 0.25) is 5.91 Å². The number of halogens is 4. The van der Waals surface area contributed by atoms with Gasteiger partial charge in [-0.3, -0.25) is 19.6 Å². The fourth-order valence-corrected chi connectivity index (χ4v) is 4.60. The lowest BCUT2D eigenvalue weighted by Gasteiger charge is -2.20. The van der Waals surface area contributed by atoms with Crippen LogP contribution in [0.4, 0.5) is 34.8 Å². The van der Waals surface area contributed by atoms with Crippen molar-refractivity contribution in [1.82, 2.24) is 10.2 Å². The number of aromatic nitrogens is 2. The van der Waals surface area contributed by atoms with Crippen LogP contribution in [0.2, 0.25) is 0 Å². The van der Waals surface area contributed by atoms with E-state index >= 15 is 0 Å². The van der Waals surface area contributed by atoms with Gasteiger partial charge in [-0.2, -0.15) is 18.3 Å². The molecule has 0 saturated heterocycles. The lowest BCUT2D eigenvalue weighted by Crippen LogP contribution is -2.33. The molecule has 5 rings (SSSR count). The van der Waals surface area contributed by atoms with E-state index in [9.17, 15) is 27.2 Å². The van der Waals surface area contributed by atoms with Crippen LogP contribution < -0.4 is 10.2 Å². The maximum atomic E-state index is 13.8. The van der Waals surface area contributed by atoms with Gasteiger partial charge in [0.05, 0.1) is 22.2 Å². The van der Waals surface area contributed by atoms with E-state index in [1.165, 1.54) is 23.1 Å². The Kier molecular flexibility index (Phi) is 5.62. The zero-order valence-corrected chi connectivity index (χ0v) is 19.7. The number of nitrogens with zero attached hydrogens (tertiary/aromatic N) is 2. The Morgan fingerprint density at radius 2 is 1.76 bits per heavy atom. The largest absolute Gasteiger partial charge is 0.417 e. The van der Waals surface area contributed by atoms with Crippen molar-refractivity contribution >= 4 is 29.0 Å². The Bertz CT molecular complexity index is 1510. The van der Waals surface area contributed by atoms with E-state index in [-0.39, 0.29) is 11.6 Å². The predicted octanol–water partition coefficient (Wildman–Crippen LogP) is 6.44. The number of carbonyl (C=O) groups excluding carboxylic acids is 2. The molecule has 0 aliphatic carbocycles. The molecule has 1 aliphatic heterocycles. The van der Waals surface area contributed by atoms with Crippen molar-refractivity contribution in [2.75, 3.05) is 10.2 Å². The second kappa shape index (κ2) is 8.58. The Morgan fingerprint density at radius 3 is 2.41 bits per heavy atom. The van der Waals surface area contributed by atoms with Crippen LogP contribution in [-0.4, -0.2) is 22.0 Å². The number of amides is 2. The summed E-state index contributed by atoms with van der Waals surface area (Å²) in [4.78, 5) is 27.8. The molecule has 3 aromatic carbocycles. The quantitative estimate of drug-likeness (QED) is 0.311. The number of alkyl halides is 3. The molecule has 0 radical (unpaired) electrons. The normalized spacial score (nSPS) is 14.5. The highest BCUT2D eigenvalue weighted by Crippen LogP contribution is 2.49. The molecular weight excluding hydrogens is 488 g/mol. The third-order valence-electron chi connectivity index (χ3n) is 6.34. The van der Waals surface area contributed by atoms with Gasteiger partial charge in [0.1, 0.15) is 5.82 Å². The molecule has 0 atom stereocenters. The highest BCUT2D eigenvalue weighted by molar-refractivity contribution is 6.14. The van der Waals surface area contributed by atoms with Gasteiger partial charge in [-0.15, -0.1) is 0 Å². The van der Waals surface area contributed by atoms with Gasteiger partial charge in [-0.1, -0.05) is 18.2 Å². The molecule has 0 spiro atoms. The molecule has 0 fully saturated rings. The topological polar surface area (TPSA) is 78.1 Å². The van der Waals surface area contributed by atoms with Crippen LogP contribution in [0.15, 0.2) is 72.9 Å². The fourth-order valence-electron chi connectivity index (χ4n) is 4.60. The molecule has 6 nitrogen and oxygen atoms in total. The standard InChI is InChI=1S/C27H20F4N4O2/c1-26(2)23-18(4-3-5-21(23)35(25(26)37)22-12-13-32-34-22)15-6-11-20(27(29,30)31)19(14-15)24(36)33-17-9-7-16(28)8-10-17/h3-14H,1-2H3,(H,32,34)(H,33,36). The van der Waals surface area contributed by atoms with E-state index in [4.69, 9.17) is 0 Å². The molecule has 1 aromatic heterocycles. The number of aromatic amines is 1. The number of H-pyrrole nitrogens is 1. The first-order valence-electron chi connectivity index (χ1n) is 11.2. The zero-order chi connectivity index (χ0) is 26.5. The third kappa shape index (κ3) is 4.14. The van der Waals surface area contributed by atoms with Crippen molar-refractivity contribution in [2.45, 2.75) is 25.4 Å². The number of benzene rings is 3. The van der Waals surface area contributed by atoms with Gasteiger partial charge in [-0.05, 0) is 73.0 Å². The molecule has 10 heteroatoms. The van der Waals surface area contributed by atoms with E-state index in [1.54, 1.807) is 44.3 Å². The van der Waals surface area contributed by atoms with Gasteiger partial charge in [0, 0.05) is 18.0 Å². The summed E-state index contributed by atoms with van der Waals surface area (Å²) in [7, 11) is 0. The minimum Gasteiger partial charge on any atom is -0.322 e. The van der Waals surface area contributed by atoms with Crippen LogP contribution in [0.3, 0.4) is 0 Å². The minimum absolute atomic E-state index is 0.145. The number of anilines is 3. The Balaban J connectivity index is 1.64. The van der Waals surface area contributed by atoms with Crippen molar-refractivity contribution < 1.29 is 27.2 Å². The van der Waals surface area contributed by atoms with Crippen LogP contribution >= 0.6 is 0 Å². The highest BCUT2D eigenvalue weighted by atomic mass is 19.4. The summed E-state index contributed by atoms with van der Waals surface area (Å²) in [5, 5.41) is 9.19. The number of hydrogen-bond donors (Lipinski definition) is 2. The highest BCUT2D eigenvalue weighted by Gasteiger charge is 2.47. The summed E-state index contributed by atoms with van der Waals surface area (Å²) in [6.45, 7) is 3.47. The molecule has 0 bridgehead atoms. The molecular formula is C27H20F4N4O2. The SMILES string of the molecule is CC1(C)C(=O)N(c2cc[nH]n2)c2cccc(-c3ccc(C(F)(F)F)c(C(=O)Nc4ccc(F)cc4)c3)c21. The number of nitrogens with one attached hydrogen (secondary N) is 2. The average molecular weight is 508 g/mol.